The lowest BCUT2D eigenvalue weighted by Gasteiger charge is -2.27. The predicted molar refractivity (Wildman–Crippen MR) is 137 cm³/mol. The molecule has 4 rings (SSSR count). The van der Waals surface area contributed by atoms with Crippen LogP contribution in [0.2, 0.25) is 0 Å². The van der Waals surface area contributed by atoms with Gasteiger partial charge in [0.25, 0.3) is 0 Å². The first-order valence-corrected chi connectivity index (χ1v) is 13.5. The van der Waals surface area contributed by atoms with Crippen LogP contribution in [0.5, 0.6) is 0 Å². The highest BCUT2D eigenvalue weighted by molar-refractivity contribution is 5.36. The van der Waals surface area contributed by atoms with Gasteiger partial charge in [-0.25, -0.2) is 0 Å². The fourth-order valence-corrected chi connectivity index (χ4v) is 6.58. The molecule has 1 nitrogen and oxygen atoms in total. The van der Waals surface area contributed by atoms with Crippen LogP contribution in [0.4, 0.5) is 0 Å². The predicted octanol–water partition coefficient (Wildman–Crippen LogP) is 8.68. The van der Waals surface area contributed by atoms with E-state index in [9.17, 15) is 0 Å². The van der Waals surface area contributed by atoms with E-state index in [1.807, 2.05) is 0 Å². The van der Waals surface area contributed by atoms with Crippen LogP contribution in [0.1, 0.15) is 122 Å². The monoisotopic (exact) mass is 421 g/mol. The van der Waals surface area contributed by atoms with Crippen LogP contribution < -0.4 is 5.32 Å². The third-order valence-electron chi connectivity index (χ3n) is 8.46. The van der Waals surface area contributed by atoms with E-state index in [0.29, 0.717) is 12.0 Å². The summed E-state index contributed by atoms with van der Waals surface area (Å²) in [5.74, 6) is 2.14. The van der Waals surface area contributed by atoms with E-state index in [2.05, 4.69) is 55.6 Å². The van der Waals surface area contributed by atoms with Crippen LogP contribution >= 0.6 is 0 Å². The van der Waals surface area contributed by atoms with Gasteiger partial charge in [0, 0.05) is 13.4 Å². The molecule has 1 aliphatic heterocycles. The third-order valence-corrected chi connectivity index (χ3v) is 8.46. The van der Waals surface area contributed by atoms with Crippen molar-refractivity contribution in [1.82, 2.24) is 5.32 Å². The Morgan fingerprint density at radius 1 is 0.903 bits per heavy atom. The molecule has 1 aromatic rings. The maximum atomic E-state index is 3.82. The second kappa shape index (κ2) is 11.5. The molecule has 31 heavy (non-hydrogen) atoms. The van der Waals surface area contributed by atoms with Gasteiger partial charge in [-0.05, 0) is 81.4 Å². The number of rotatable bonds is 7. The Morgan fingerprint density at radius 3 is 2.19 bits per heavy atom. The van der Waals surface area contributed by atoms with Crippen LogP contribution in [-0.2, 0) is 0 Å². The van der Waals surface area contributed by atoms with E-state index >= 15 is 0 Å². The first-order chi connectivity index (χ1) is 15.3. The molecule has 0 amide bonds. The second-order valence-corrected chi connectivity index (χ2v) is 10.5. The first kappa shape index (κ1) is 22.8. The quantitative estimate of drug-likeness (QED) is 0.434. The number of nitrogens with one attached hydrogen (secondary N) is 1. The summed E-state index contributed by atoms with van der Waals surface area (Å²) in [6, 6.07) is 10.4. The summed E-state index contributed by atoms with van der Waals surface area (Å²) < 4.78 is 0. The summed E-state index contributed by atoms with van der Waals surface area (Å²) in [5, 5.41) is 3.82. The van der Waals surface area contributed by atoms with Crippen molar-refractivity contribution in [3.63, 3.8) is 0 Å². The summed E-state index contributed by atoms with van der Waals surface area (Å²) in [4.78, 5) is 0. The molecule has 1 heteroatoms. The molecule has 0 spiro atoms. The molecule has 2 atom stereocenters. The number of hydrogen-bond acceptors (Lipinski definition) is 1. The van der Waals surface area contributed by atoms with Crippen molar-refractivity contribution in [1.29, 1.82) is 0 Å². The molecule has 1 saturated heterocycles. The Hall–Kier alpha value is -1.34. The lowest BCUT2D eigenvalue weighted by atomic mass is 9.80. The Labute approximate surface area is 193 Å². The number of hydrogen-bond donors (Lipinski definition) is 1. The second-order valence-electron chi connectivity index (χ2n) is 10.5. The van der Waals surface area contributed by atoms with Crippen molar-refractivity contribution >= 4 is 0 Å². The highest BCUT2D eigenvalue weighted by atomic mass is 14.9. The number of benzene rings is 1. The molecule has 2 saturated carbocycles. The zero-order valence-electron chi connectivity index (χ0n) is 20.2. The van der Waals surface area contributed by atoms with E-state index in [0.717, 1.165) is 11.8 Å². The average Bonchev–Trinajstić information content (AvgIpc) is 3.36. The molecule has 2 aliphatic carbocycles. The summed E-state index contributed by atoms with van der Waals surface area (Å²) >= 11 is 0. The standard InChI is InChI=1S/C30H45N.H2/c1-3-24(25-11-6-4-7-12-25)17-16-23(2)30(29-15-10-22-31-29)28-20-18-27(19-21-28)26-13-8-5-9-14-26;/h16-21,25-26,29-31H,3-15,22H2,1-2H3;1H/b23-16+,24-17+;/t29?,30-;/m1./s1. The number of allylic oxidation sites excluding steroid dienone is 3. The van der Waals surface area contributed by atoms with Crippen molar-refractivity contribution in [3.8, 4) is 0 Å². The SMILES string of the molecule is CC/C(=C\C=C(/C)[C@H](c1ccc(C2CCCCC2)cc1)C1CCCN1)C1CCCCC1.[HH]. The fraction of sp³-hybridized carbons (Fsp3) is 0.667. The van der Waals surface area contributed by atoms with Gasteiger partial charge < -0.3 is 5.32 Å². The molecular formula is C30H47N. The largest absolute Gasteiger partial charge is 0.313 e. The maximum absolute atomic E-state index is 3.82. The highest BCUT2D eigenvalue weighted by Gasteiger charge is 2.27. The zero-order valence-corrected chi connectivity index (χ0v) is 20.2. The molecule has 1 N–H and O–H groups in total. The van der Waals surface area contributed by atoms with E-state index in [1.54, 1.807) is 11.1 Å². The molecule has 0 aromatic heterocycles. The normalized spacial score (nSPS) is 25.7. The van der Waals surface area contributed by atoms with Gasteiger partial charge >= 0.3 is 0 Å². The van der Waals surface area contributed by atoms with Gasteiger partial charge in [0.1, 0.15) is 0 Å². The van der Waals surface area contributed by atoms with Gasteiger partial charge in [0.05, 0.1) is 0 Å². The lowest BCUT2D eigenvalue weighted by Crippen LogP contribution is -2.29. The van der Waals surface area contributed by atoms with Crippen molar-refractivity contribution < 1.29 is 1.43 Å². The maximum Gasteiger partial charge on any atom is 0.0202 e. The fourth-order valence-electron chi connectivity index (χ4n) is 6.58. The van der Waals surface area contributed by atoms with Gasteiger partial charge in [-0.15, -0.1) is 0 Å². The van der Waals surface area contributed by atoms with E-state index in [4.69, 9.17) is 0 Å². The summed E-state index contributed by atoms with van der Waals surface area (Å²) in [6.07, 6.45) is 22.9. The minimum atomic E-state index is 0. The van der Waals surface area contributed by atoms with Crippen LogP contribution in [-0.4, -0.2) is 12.6 Å². The Morgan fingerprint density at radius 2 is 1.58 bits per heavy atom. The van der Waals surface area contributed by atoms with E-state index in [-0.39, 0.29) is 1.43 Å². The highest BCUT2D eigenvalue weighted by Crippen LogP contribution is 2.37. The summed E-state index contributed by atoms with van der Waals surface area (Å²) in [6.45, 7) is 5.90. The molecule has 3 fully saturated rings. The van der Waals surface area contributed by atoms with Crippen molar-refractivity contribution in [2.45, 2.75) is 115 Å². The summed E-state index contributed by atoms with van der Waals surface area (Å²) in [7, 11) is 0. The smallest absolute Gasteiger partial charge is 0.0202 e. The van der Waals surface area contributed by atoms with Gasteiger partial charge in [-0.1, -0.05) is 93.0 Å². The molecular weight excluding hydrogens is 374 g/mol. The van der Waals surface area contributed by atoms with Gasteiger partial charge in [-0.2, -0.15) is 0 Å². The molecule has 3 aliphatic rings. The van der Waals surface area contributed by atoms with E-state index < -0.39 is 0 Å². The van der Waals surface area contributed by atoms with Crippen molar-refractivity contribution in [3.05, 3.63) is 58.7 Å². The van der Waals surface area contributed by atoms with Crippen LogP contribution in [0.25, 0.3) is 0 Å². The van der Waals surface area contributed by atoms with Crippen molar-refractivity contribution in [2.24, 2.45) is 5.92 Å². The van der Waals surface area contributed by atoms with E-state index in [1.165, 1.54) is 101 Å². The molecule has 1 unspecified atom stereocenters. The minimum absolute atomic E-state index is 0. The zero-order chi connectivity index (χ0) is 21.5. The summed E-state index contributed by atoms with van der Waals surface area (Å²) in [5.41, 5.74) is 6.31. The molecule has 0 bridgehead atoms. The third kappa shape index (κ3) is 5.92. The molecule has 1 heterocycles. The van der Waals surface area contributed by atoms with Gasteiger partial charge in [0.15, 0.2) is 0 Å². The first-order valence-electron chi connectivity index (χ1n) is 13.5. The van der Waals surface area contributed by atoms with Crippen LogP contribution in [0, 0.1) is 5.92 Å². The van der Waals surface area contributed by atoms with Gasteiger partial charge in [-0.3, -0.25) is 0 Å². The topological polar surface area (TPSA) is 12.0 Å². The Balaban J connectivity index is 0.00000289. The van der Waals surface area contributed by atoms with Crippen LogP contribution in [0.15, 0.2) is 47.6 Å². The molecule has 0 radical (unpaired) electrons. The van der Waals surface area contributed by atoms with Crippen molar-refractivity contribution in [2.75, 3.05) is 6.54 Å². The van der Waals surface area contributed by atoms with Gasteiger partial charge in [0.2, 0.25) is 0 Å². The minimum Gasteiger partial charge on any atom is -0.313 e. The average molecular weight is 422 g/mol. The Bertz CT molecular complexity index is 729. The van der Waals surface area contributed by atoms with Crippen LogP contribution in [0.3, 0.4) is 0 Å². The molecule has 172 valence electrons. The Kier molecular flexibility index (Phi) is 8.48. The molecule has 1 aromatic carbocycles. The lowest BCUT2D eigenvalue weighted by molar-refractivity contribution is 0.397.